The number of carbonyl (C=O) groups excluding carboxylic acids is 1. The van der Waals surface area contributed by atoms with Crippen LogP contribution in [-0.2, 0) is 4.79 Å². The molecule has 0 aliphatic heterocycles. The average Bonchev–Trinajstić information content (AvgIpc) is 2.40. The van der Waals surface area contributed by atoms with E-state index in [4.69, 9.17) is 0 Å². The van der Waals surface area contributed by atoms with Crippen molar-refractivity contribution in [3.05, 3.63) is 41.0 Å². The minimum absolute atomic E-state index is 0.0594. The summed E-state index contributed by atoms with van der Waals surface area (Å²) in [7, 11) is 0. The Balaban J connectivity index is 2.81. The van der Waals surface area contributed by atoms with E-state index in [0.29, 0.717) is 6.54 Å². The van der Waals surface area contributed by atoms with Crippen LogP contribution in [0.1, 0.15) is 30.9 Å². The molecule has 1 aromatic carbocycles. The van der Waals surface area contributed by atoms with Crippen molar-refractivity contribution in [2.75, 3.05) is 18.6 Å². The molecule has 0 aliphatic carbocycles. The van der Waals surface area contributed by atoms with Crippen LogP contribution in [-0.4, -0.2) is 24.5 Å². The smallest absolute Gasteiger partial charge is 0.247 e. The first kappa shape index (κ1) is 15.8. The Kier molecular flexibility index (Phi) is 7.34. The Hall–Kier alpha value is -1.22. The van der Waals surface area contributed by atoms with Gasteiger partial charge in [0.25, 0.3) is 0 Å². The van der Waals surface area contributed by atoms with Crippen LogP contribution >= 0.6 is 11.8 Å². The summed E-state index contributed by atoms with van der Waals surface area (Å²) >= 11 is 1.82. The molecule has 0 aliphatic rings. The number of rotatable bonds is 7. The first-order valence-corrected chi connectivity index (χ1v) is 8.11. The molecule has 1 rings (SSSR count). The maximum Gasteiger partial charge on any atom is 0.247 e. The fraction of sp³-hybridized carbons (Fsp3) is 0.438. The lowest BCUT2D eigenvalue weighted by atomic mass is 10.0. The van der Waals surface area contributed by atoms with Gasteiger partial charge in [0, 0.05) is 12.1 Å². The summed E-state index contributed by atoms with van der Waals surface area (Å²) in [5.41, 5.74) is 3.20. The van der Waals surface area contributed by atoms with E-state index >= 15 is 0 Å². The number of thioether (sulfide) groups is 1. The molecule has 0 saturated heterocycles. The molecule has 1 amide bonds. The monoisotopic (exact) mass is 277 g/mol. The number of nitrogens with one attached hydrogen (secondary N) is 1. The first-order valence-electron chi connectivity index (χ1n) is 6.71. The quantitative estimate of drug-likeness (QED) is 0.609. The highest BCUT2D eigenvalue weighted by molar-refractivity contribution is 7.98. The predicted molar refractivity (Wildman–Crippen MR) is 85.5 cm³/mol. The molecular weight excluding hydrogens is 254 g/mol. The Morgan fingerprint density at radius 2 is 2.00 bits per heavy atom. The molecule has 2 nitrogen and oxygen atoms in total. The lowest BCUT2D eigenvalue weighted by molar-refractivity contribution is -0.117. The highest BCUT2D eigenvalue weighted by atomic mass is 32.2. The molecule has 0 saturated carbocycles. The van der Waals surface area contributed by atoms with Crippen molar-refractivity contribution in [1.29, 1.82) is 0 Å². The largest absolute Gasteiger partial charge is 0.353 e. The van der Waals surface area contributed by atoms with E-state index in [1.807, 2.05) is 24.8 Å². The van der Waals surface area contributed by atoms with Crippen LogP contribution in [0.4, 0.5) is 0 Å². The van der Waals surface area contributed by atoms with Crippen molar-refractivity contribution in [2.24, 2.45) is 0 Å². The second-order valence-electron chi connectivity index (χ2n) is 4.54. The first-order chi connectivity index (χ1) is 9.17. The Morgan fingerprint density at radius 1 is 1.32 bits per heavy atom. The van der Waals surface area contributed by atoms with Gasteiger partial charge in [-0.1, -0.05) is 29.8 Å². The molecule has 0 fully saturated rings. The summed E-state index contributed by atoms with van der Waals surface area (Å²) in [5, 5.41) is 2.89. The van der Waals surface area contributed by atoms with Gasteiger partial charge >= 0.3 is 0 Å². The predicted octanol–water partition coefficient (Wildman–Crippen LogP) is 3.66. The van der Waals surface area contributed by atoms with Gasteiger partial charge in [0.05, 0.1) is 0 Å². The van der Waals surface area contributed by atoms with E-state index in [9.17, 15) is 4.79 Å². The molecule has 3 heteroatoms. The van der Waals surface area contributed by atoms with Gasteiger partial charge in [0.1, 0.15) is 0 Å². The Labute approximate surface area is 120 Å². The number of amides is 1. The molecule has 0 aromatic heterocycles. The zero-order valence-electron chi connectivity index (χ0n) is 12.0. The van der Waals surface area contributed by atoms with Gasteiger partial charge < -0.3 is 5.32 Å². The van der Waals surface area contributed by atoms with Gasteiger partial charge in [-0.3, -0.25) is 4.79 Å². The summed E-state index contributed by atoms with van der Waals surface area (Å²) in [5.74, 6) is 1.15. The van der Waals surface area contributed by atoms with Gasteiger partial charge in [-0.2, -0.15) is 11.8 Å². The van der Waals surface area contributed by atoms with E-state index in [0.717, 1.165) is 29.7 Å². The molecule has 0 bridgehead atoms. The molecule has 1 N–H and O–H groups in total. The van der Waals surface area contributed by atoms with Crippen molar-refractivity contribution in [3.8, 4) is 0 Å². The van der Waals surface area contributed by atoms with Gasteiger partial charge in [-0.25, -0.2) is 0 Å². The van der Waals surface area contributed by atoms with Crippen LogP contribution in [0, 0.1) is 6.92 Å². The summed E-state index contributed by atoms with van der Waals surface area (Å²) in [4.78, 5) is 12.0. The molecule has 0 atom stereocenters. The van der Waals surface area contributed by atoms with Crippen molar-refractivity contribution in [1.82, 2.24) is 5.32 Å². The maximum absolute atomic E-state index is 12.0. The van der Waals surface area contributed by atoms with Crippen LogP contribution in [0.2, 0.25) is 0 Å². The molecule has 0 heterocycles. The van der Waals surface area contributed by atoms with Crippen LogP contribution in [0.5, 0.6) is 0 Å². The van der Waals surface area contributed by atoms with Crippen molar-refractivity contribution >= 4 is 23.7 Å². The third-order valence-electron chi connectivity index (χ3n) is 2.84. The number of benzene rings is 1. The van der Waals surface area contributed by atoms with Crippen LogP contribution in [0.15, 0.2) is 29.8 Å². The van der Waals surface area contributed by atoms with E-state index in [-0.39, 0.29) is 5.91 Å². The molecule has 0 unspecified atom stereocenters. The highest BCUT2D eigenvalue weighted by Crippen LogP contribution is 2.14. The number of carbonyl (C=O) groups is 1. The zero-order valence-corrected chi connectivity index (χ0v) is 12.8. The van der Waals surface area contributed by atoms with Crippen LogP contribution in [0.3, 0.4) is 0 Å². The van der Waals surface area contributed by atoms with Crippen molar-refractivity contribution in [2.45, 2.75) is 26.7 Å². The molecule has 0 spiro atoms. The van der Waals surface area contributed by atoms with Gasteiger partial charge in [0.15, 0.2) is 0 Å². The van der Waals surface area contributed by atoms with Gasteiger partial charge in [0.2, 0.25) is 5.91 Å². The van der Waals surface area contributed by atoms with E-state index in [1.165, 1.54) is 5.56 Å². The second kappa shape index (κ2) is 8.81. The fourth-order valence-electron chi connectivity index (χ4n) is 1.80. The Bertz CT molecular complexity index is 423. The third-order valence-corrected chi connectivity index (χ3v) is 3.54. The minimum atomic E-state index is 0.0594. The molecule has 104 valence electrons. The molecule has 0 radical (unpaired) electrons. The second-order valence-corrected chi connectivity index (χ2v) is 5.52. The van der Waals surface area contributed by atoms with Gasteiger partial charge in [-0.05, 0) is 50.3 Å². The van der Waals surface area contributed by atoms with Gasteiger partial charge in [-0.15, -0.1) is 0 Å². The number of likely N-dealkylation sites (N-methyl/N-ethyl adjacent to an activating group) is 1. The van der Waals surface area contributed by atoms with E-state index in [1.54, 1.807) is 0 Å². The van der Waals surface area contributed by atoms with Crippen LogP contribution in [0.25, 0.3) is 6.08 Å². The molecule has 1 aromatic rings. The number of hydrogen-bond acceptors (Lipinski definition) is 2. The average molecular weight is 277 g/mol. The summed E-state index contributed by atoms with van der Waals surface area (Å²) in [6.45, 7) is 4.69. The van der Waals surface area contributed by atoms with Crippen molar-refractivity contribution in [3.63, 3.8) is 0 Å². The number of aryl methyl sites for hydroxylation is 1. The van der Waals surface area contributed by atoms with Crippen LogP contribution < -0.4 is 5.32 Å². The van der Waals surface area contributed by atoms with E-state index in [2.05, 4.69) is 42.8 Å². The standard InChI is InChI=1S/C16H23NOS/c1-4-17-16(18)15(6-5-11-19-3)12-14-9-7-13(2)8-10-14/h7-10,12H,4-6,11H2,1-3H3,(H,17,18). The maximum atomic E-state index is 12.0. The summed E-state index contributed by atoms with van der Waals surface area (Å²) in [6.07, 6.45) is 5.97. The molecular formula is C16H23NOS. The zero-order chi connectivity index (χ0) is 14.1. The minimum Gasteiger partial charge on any atom is -0.353 e. The lowest BCUT2D eigenvalue weighted by Crippen LogP contribution is -2.24. The van der Waals surface area contributed by atoms with Crippen molar-refractivity contribution < 1.29 is 4.79 Å². The fourth-order valence-corrected chi connectivity index (χ4v) is 2.23. The van der Waals surface area contributed by atoms with E-state index < -0.39 is 0 Å². The summed E-state index contributed by atoms with van der Waals surface area (Å²) in [6, 6.07) is 8.26. The normalized spacial score (nSPS) is 11.4. The third kappa shape index (κ3) is 5.97. The topological polar surface area (TPSA) is 29.1 Å². The Morgan fingerprint density at radius 3 is 2.58 bits per heavy atom. The molecule has 19 heavy (non-hydrogen) atoms. The lowest BCUT2D eigenvalue weighted by Gasteiger charge is -2.08. The summed E-state index contributed by atoms with van der Waals surface area (Å²) < 4.78 is 0. The number of hydrogen-bond donors (Lipinski definition) is 1. The SMILES string of the molecule is CCNC(=O)C(=Cc1ccc(C)cc1)CCCSC. The highest BCUT2D eigenvalue weighted by Gasteiger charge is 2.08.